The quantitative estimate of drug-likeness (QED) is 0.620. The third-order valence-corrected chi connectivity index (χ3v) is 2.28. The molecule has 98 valence electrons. The predicted molar refractivity (Wildman–Crippen MR) is 67.8 cm³/mol. The lowest BCUT2D eigenvalue weighted by atomic mass is 10.3. The van der Waals surface area contributed by atoms with Crippen LogP contribution in [0.15, 0.2) is 24.3 Å². The van der Waals surface area contributed by atoms with E-state index < -0.39 is 11.9 Å². The number of hydrogen-bond donors (Lipinski definition) is 3. The van der Waals surface area contributed by atoms with Crippen LogP contribution in [0.3, 0.4) is 0 Å². The van der Waals surface area contributed by atoms with Gasteiger partial charge in [0.2, 0.25) is 11.8 Å². The van der Waals surface area contributed by atoms with Crippen LogP contribution in [0.5, 0.6) is 5.75 Å². The summed E-state index contributed by atoms with van der Waals surface area (Å²) in [5, 5.41) is 2.46. The van der Waals surface area contributed by atoms with Crippen LogP contribution in [0.25, 0.3) is 0 Å². The second-order valence-corrected chi connectivity index (χ2v) is 3.86. The Balaban J connectivity index is 2.27. The molecular formula is C12H17N3O3. The molecule has 1 rings (SSSR count). The molecule has 0 aliphatic carbocycles. The molecule has 0 saturated carbocycles. The first-order chi connectivity index (χ1) is 8.49. The van der Waals surface area contributed by atoms with Crippen LogP contribution in [0.1, 0.15) is 13.3 Å². The molecule has 1 aromatic rings. The zero-order valence-corrected chi connectivity index (χ0v) is 10.2. The SMILES string of the molecule is CC(NC(=O)CCOc1ccc(N)cc1)C(N)=O. The molecule has 6 heteroatoms. The average molecular weight is 251 g/mol. The normalized spacial score (nSPS) is 11.6. The fourth-order valence-corrected chi connectivity index (χ4v) is 1.21. The van der Waals surface area contributed by atoms with Crippen LogP contribution < -0.4 is 21.5 Å². The summed E-state index contributed by atoms with van der Waals surface area (Å²) in [4.78, 5) is 22.1. The Hall–Kier alpha value is -2.24. The number of carbonyl (C=O) groups is 2. The van der Waals surface area contributed by atoms with E-state index in [1.807, 2.05) is 0 Å². The number of benzene rings is 1. The Morgan fingerprint density at radius 1 is 1.33 bits per heavy atom. The highest BCUT2D eigenvalue weighted by atomic mass is 16.5. The molecule has 0 saturated heterocycles. The van der Waals surface area contributed by atoms with E-state index in [1.165, 1.54) is 6.92 Å². The maximum Gasteiger partial charge on any atom is 0.239 e. The molecule has 0 fully saturated rings. The van der Waals surface area contributed by atoms with Crippen molar-refractivity contribution in [1.82, 2.24) is 5.32 Å². The summed E-state index contributed by atoms with van der Waals surface area (Å²) in [6.45, 7) is 1.75. The Labute approximate surface area is 105 Å². The van der Waals surface area contributed by atoms with E-state index in [2.05, 4.69) is 5.32 Å². The monoisotopic (exact) mass is 251 g/mol. The van der Waals surface area contributed by atoms with E-state index in [4.69, 9.17) is 16.2 Å². The molecule has 6 nitrogen and oxygen atoms in total. The summed E-state index contributed by atoms with van der Waals surface area (Å²) in [6.07, 6.45) is 0.155. The van der Waals surface area contributed by atoms with E-state index in [1.54, 1.807) is 24.3 Å². The van der Waals surface area contributed by atoms with Gasteiger partial charge in [0, 0.05) is 5.69 Å². The van der Waals surface area contributed by atoms with Gasteiger partial charge in [0.1, 0.15) is 11.8 Å². The molecule has 0 spiro atoms. The van der Waals surface area contributed by atoms with E-state index in [-0.39, 0.29) is 18.9 Å². The molecule has 2 amide bonds. The van der Waals surface area contributed by atoms with Gasteiger partial charge in [-0.1, -0.05) is 0 Å². The number of primary amides is 1. The molecule has 0 aliphatic rings. The second-order valence-electron chi connectivity index (χ2n) is 3.86. The summed E-state index contributed by atoms with van der Waals surface area (Å²) in [6, 6.07) is 6.20. The van der Waals surface area contributed by atoms with Crippen LogP contribution in [-0.4, -0.2) is 24.5 Å². The summed E-state index contributed by atoms with van der Waals surface area (Å²) in [5.41, 5.74) is 11.2. The second kappa shape index (κ2) is 6.48. The molecular weight excluding hydrogens is 234 g/mol. The summed E-state index contributed by atoms with van der Waals surface area (Å²) < 4.78 is 5.34. The van der Waals surface area contributed by atoms with Crippen molar-refractivity contribution in [3.8, 4) is 5.75 Å². The van der Waals surface area contributed by atoms with Crippen molar-refractivity contribution in [1.29, 1.82) is 0 Å². The highest BCUT2D eigenvalue weighted by Crippen LogP contribution is 2.12. The summed E-state index contributed by atoms with van der Waals surface area (Å²) in [5.74, 6) is -0.209. The van der Waals surface area contributed by atoms with Gasteiger partial charge >= 0.3 is 0 Å². The van der Waals surface area contributed by atoms with Crippen molar-refractivity contribution in [2.75, 3.05) is 12.3 Å². The van der Waals surface area contributed by atoms with Crippen LogP contribution in [0, 0.1) is 0 Å². The Morgan fingerprint density at radius 2 is 1.94 bits per heavy atom. The third-order valence-electron chi connectivity index (χ3n) is 2.28. The Morgan fingerprint density at radius 3 is 2.50 bits per heavy atom. The smallest absolute Gasteiger partial charge is 0.239 e. The van der Waals surface area contributed by atoms with Crippen molar-refractivity contribution >= 4 is 17.5 Å². The van der Waals surface area contributed by atoms with Crippen molar-refractivity contribution in [2.45, 2.75) is 19.4 Å². The molecule has 0 aromatic heterocycles. The number of ether oxygens (including phenoxy) is 1. The van der Waals surface area contributed by atoms with E-state index in [0.29, 0.717) is 11.4 Å². The van der Waals surface area contributed by atoms with E-state index >= 15 is 0 Å². The lowest BCUT2D eigenvalue weighted by molar-refractivity contribution is -0.127. The minimum Gasteiger partial charge on any atom is -0.493 e. The first-order valence-electron chi connectivity index (χ1n) is 5.56. The number of nitrogens with two attached hydrogens (primary N) is 2. The van der Waals surface area contributed by atoms with Crippen LogP contribution in [0.2, 0.25) is 0 Å². The maximum atomic E-state index is 11.4. The predicted octanol–water partition coefficient (Wildman–Crippen LogP) is 0.0277. The van der Waals surface area contributed by atoms with Crippen LogP contribution in [-0.2, 0) is 9.59 Å². The number of carbonyl (C=O) groups excluding carboxylic acids is 2. The highest BCUT2D eigenvalue weighted by Gasteiger charge is 2.11. The number of anilines is 1. The number of nitrogen functional groups attached to an aromatic ring is 1. The van der Waals surface area contributed by atoms with Gasteiger partial charge in [-0.3, -0.25) is 9.59 Å². The topological polar surface area (TPSA) is 107 Å². The Kier molecular flexibility index (Phi) is 4.98. The first kappa shape index (κ1) is 13.8. The lowest BCUT2D eigenvalue weighted by Gasteiger charge is -2.10. The number of nitrogens with one attached hydrogen (secondary N) is 1. The van der Waals surface area contributed by atoms with Crippen molar-refractivity contribution in [3.63, 3.8) is 0 Å². The van der Waals surface area contributed by atoms with Gasteiger partial charge in [0.25, 0.3) is 0 Å². The van der Waals surface area contributed by atoms with Crippen molar-refractivity contribution < 1.29 is 14.3 Å². The van der Waals surface area contributed by atoms with Gasteiger partial charge in [-0.25, -0.2) is 0 Å². The molecule has 0 aliphatic heterocycles. The Bertz CT molecular complexity index is 417. The number of rotatable bonds is 6. The van der Waals surface area contributed by atoms with Gasteiger partial charge in [-0.15, -0.1) is 0 Å². The third kappa shape index (κ3) is 4.73. The molecule has 1 atom stereocenters. The van der Waals surface area contributed by atoms with Crippen LogP contribution in [0.4, 0.5) is 5.69 Å². The minimum atomic E-state index is -0.672. The van der Waals surface area contributed by atoms with Gasteiger partial charge in [0.15, 0.2) is 0 Å². The zero-order valence-electron chi connectivity index (χ0n) is 10.2. The molecule has 1 aromatic carbocycles. The maximum absolute atomic E-state index is 11.4. The molecule has 0 radical (unpaired) electrons. The summed E-state index contributed by atoms with van der Waals surface area (Å²) >= 11 is 0. The van der Waals surface area contributed by atoms with Crippen molar-refractivity contribution in [2.24, 2.45) is 5.73 Å². The van der Waals surface area contributed by atoms with Crippen LogP contribution >= 0.6 is 0 Å². The number of hydrogen-bond acceptors (Lipinski definition) is 4. The molecule has 0 heterocycles. The summed E-state index contributed by atoms with van der Waals surface area (Å²) in [7, 11) is 0. The first-order valence-corrected chi connectivity index (χ1v) is 5.56. The molecule has 5 N–H and O–H groups in total. The molecule has 1 unspecified atom stereocenters. The fourth-order valence-electron chi connectivity index (χ4n) is 1.21. The fraction of sp³-hybridized carbons (Fsp3) is 0.333. The van der Waals surface area contributed by atoms with E-state index in [9.17, 15) is 9.59 Å². The largest absolute Gasteiger partial charge is 0.493 e. The number of amides is 2. The lowest BCUT2D eigenvalue weighted by Crippen LogP contribution is -2.42. The zero-order chi connectivity index (χ0) is 13.5. The standard InChI is InChI=1S/C12H17N3O3/c1-8(12(14)17)15-11(16)6-7-18-10-4-2-9(13)3-5-10/h2-5,8H,6-7,13H2,1H3,(H2,14,17)(H,15,16). The minimum absolute atomic E-state index is 0.155. The van der Waals surface area contributed by atoms with Crippen molar-refractivity contribution in [3.05, 3.63) is 24.3 Å². The average Bonchev–Trinajstić information content (AvgIpc) is 2.31. The van der Waals surface area contributed by atoms with E-state index in [0.717, 1.165) is 0 Å². The molecule has 18 heavy (non-hydrogen) atoms. The highest BCUT2D eigenvalue weighted by molar-refractivity contribution is 5.86. The van der Waals surface area contributed by atoms with Gasteiger partial charge < -0.3 is 21.5 Å². The molecule has 0 bridgehead atoms. The van der Waals surface area contributed by atoms with Gasteiger partial charge in [-0.05, 0) is 31.2 Å². The van der Waals surface area contributed by atoms with Gasteiger partial charge in [-0.2, -0.15) is 0 Å². The van der Waals surface area contributed by atoms with Gasteiger partial charge in [0.05, 0.1) is 13.0 Å².